The average Bonchev–Trinajstić information content (AvgIpc) is 3.07. The summed E-state index contributed by atoms with van der Waals surface area (Å²) in [7, 11) is 1.60. The molecule has 9 heteroatoms. The summed E-state index contributed by atoms with van der Waals surface area (Å²) < 4.78 is 11.9. The van der Waals surface area contributed by atoms with Gasteiger partial charge >= 0.3 is 5.97 Å². The van der Waals surface area contributed by atoms with Crippen LogP contribution in [0.25, 0.3) is 16.9 Å². The molecule has 2 aromatic heterocycles. The Hall–Kier alpha value is -2.68. The molecule has 2 heterocycles. The van der Waals surface area contributed by atoms with E-state index in [0.29, 0.717) is 28.5 Å². The SMILES string of the molecule is CCOC(=O)C(C)Sc1ncnc2c1nnn2-c1cccc(OC)c1. The molecule has 0 bridgehead atoms. The van der Waals surface area contributed by atoms with E-state index >= 15 is 0 Å². The number of ether oxygens (including phenoxy) is 2. The highest BCUT2D eigenvalue weighted by Crippen LogP contribution is 2.28. The Bertz CT molecular complexity index is 898. The largest absolute Gasteiger partial charge is 0.497 e. The minimum absolute atomic E-state index is 0.292. The maximum absolute atomic E-state index is 11.8. The molecule has 8 nitrogen and oxygen atoms in total. The van der Waals surface area contributed by atoms with Crippen LogP contribution in [-0.4, -0.2) is 49.9 Å². The minimum Gasteiger partial charge on any atom is -0.497 e. The summed E-state index contributed by atoms with van der Waals surface area (Å²) in [6, 6.07) is 7.43. The fourth-order valence-corrected chi connectivity index (χ4v) is 3.06. The van der Waals surface area contributed by atoms with Crippen molar-refractivity contribution >= 4 is 28.9 Å². The number of hydrogen-bond acceptors (Lipinski definition) is 8. The van der Waals surface area contributed by atoms with E-state index in [1.54, 1.807) is 25.6 Å². The number of carbonyl (C=O) groups excluding carboxylic acids is 1. The zero-order valence-corrected chi connectivity index (χ0v) is 14.9. The predicted octanol–water partition coefficient (Wildman–Crippen LogP) is 2.26. The van der Waals surface area contributed by atoms with Gasteiger partial charge in [0, 0.05) is 6.07 Å². The van der Waals surface area contributed by atoms with Crippen LogP contribution in [0.1, 0.15) is 13.8 Å². The van der Waals surface area contributed by atoms with Crippen LogP contribution in [0.2, 0.25) is 0 Å². The number of benzene rings is 1. The van der Waals surface area contributed by atoms with Crippen molar-refractivity contribution in [3.63, 3.8) is 0 Å². The Balaban J connectivity index is 1.96. The Morgan fingerprint density at radius 1 is 1.36 bits per heavy atom. The monoisotopic (exact) mass is 359 g/mol. The molecule has 0 aliphatic carbocycles. The van der Waals surface area contributed by atoms with Crippen molar-refractivity contribution < 1.29 is 14.3 Å². The van der Waals surface area contributed by atoms with Gasteiger partial charge < -0.3 is 9.47 Å². The van der Waals surface area contributed by atoms with Gasteiger partial charge in [0.15, 0.2) is 11.2 Å². The first kappa shape index (κ1) is 17.2. The van der Waals surface area contributed by atoms with Crippen molar-refractivity contribution in [1.29, 1.82) is 0 Å². The highest BCUT2D eigenvalue weighted by Gasteiger charge is 2.20. The molecule has 0 saturated heterocycles. The van der Waals surface area contributed by atoms with Gasteiger partial charge in [-0.2, -0.15) is 4.68 Å². The Kier molecular flexibility index (Phi) is 5.13. The van der Waals surface area contributed by atoms with E-state index in [-0.39, 0.29) is 5.97 Å². The number of nitrogens with zero attached hydrogens (tertiary/aromatic N) is 5. The molecule has 0 spiro atoms. The van der Waals surface area contributed by atoms with Crippen LogP contribution in [0.15, 0.2) is 35.6 Å². The molecule has 3 aromatic rings. The van der Waals surface area contributed by atoms with E-state index in [2.05, 4.69) is 20.3 Å². The van der Waals surface area contributed by atoms with E-state index in [9.17, 15) is 4.79 Å². The van der Waals surface area contributed by atoms with Gasteiger partial charge in [0.05, 0.1) is 19.4 Å². The first-order valence-corrected chi connectivity index (χ1v) is 8.56. The van der Waals surface area contributed by atoms with Crippen LogP contribution in [-0.2, 0) is 9.53 Å². The summed E-state index contributed by atoms with van der Waals surface area (Å²) >= 11 is 1.27. The lowest BCUT2D eigenvalue weighted by Gasteiger charge is -2.09. The zero-order valence-electron chi connectivity index (χ0n) is 14.0. The Morgan fingerprint density at radius 3 is 2.96 bits per heavy atom. The van der Waals surface area contributed by atoms with Gasteiger partial charge in [-0.05, 0) is 26.0 Å². The number of fused-ring (bicyclic) bond motifs is 1. The van der Waals surface area contributed by atoms with Crippen molar-refractivity contribution in [2.75, 3.05) is 13.7 Å². The molecule has 3 rings (SSSR count). The first-order valence-electron chi connectivity index (χ1n) is 7.68. The first-order chi connectivity index (χ1) is 12.1. The maximum Gasteiger partial charge on any atom is 0.319 e. The molecule has 0 N–H and O–H groups in total. The Labute approximate surface area is 148 Å². The van der Waals surface area contributed by atoms with Crippen LogP contribution in [0.5, 0.6) is 5.75 Å². The molecule has 0 aliphatic heterocycles. The number of aromatic nitrogens is 5. The highest BCUT2D eigenvalue weighted by atomic mass is 32.2. The molecular formula is C16H17N5O3S. The molecule has 0 aliphatic rings. The highest BCUT2D eigenvalue weighted by molar-refractivity contribution is 8.00. The third-order valence-electron chi connectivity index (χ3n) is 3.41. The maximum atomic E-state index is 11.8. The van der Waals surface area contributed by atoms with E-state index < -0.39 is 5.25 Å². The minimum atomic E-state index is -0.403. The van der Waals surface area contributed by atoms with Crippen molar-refractivity contribution in [3.8, 4) is 11.4 Å². The zero-order chi connectivity index (χ0) is 17.8. The van der Waals surface area contributed by atoms with Crippen LogP contribution in [0.3, 0.4) is 0 Å². The summed E-state index contributed by atoms with van der Waals surface area (Å²) in [4.78, 5) is 20.4. The molecule has 1 unspecified atom stereocenters. The third kappa shape index (κ3) is 3.55. The van der Waals surface area contributed by atoms with Crippen molar-refractivity contribution in [2.24, 2.45) is 0 Å². The van der Waals surface area contributed by atoms with Gasteiger partial charge in [-0.25, -0.2) is 9.97 Å². The Morgan fingerprint density at radius 2 is 2.20 bits per heavy atom. The summed E-state index contributed by atoms with van der Waals surface area (Å²) in [5.74, 6) is 0.417. The van der Waals surface area contributed by atoms with E-state index in [1.165, 1.54) is 18.1 Å². The fourth-order valence-electron chi connectivity index (χ4n) is 2.21. The van der Waals surface area contributed by atoms with Crippen LogP contribution >= 0.6 is 11.8 Å². The second-order valence-electron chi connectivity index (χ2n) is 5.07. The molecule has 0 amide bonds. The van der Waals surface area contributed by atoms with Gasteiger partial charge in [-0.15, -0.1) is 5.10 Å². The number of carbonyl (C=O) groups is 1. The lowest BCUT2D eigenvalue weighted by molar-refractivity contribution is -0.142. The molecular weight excluding hydrogens is 342 g/mol. The quantitative estimate of drug-likeness (QED) is 0.376. The lowest BCUT2D eigenvalue weighted by Crippen LogP contribution is -2.16. The van der Waals surface area contributed by atoms with Crippen molar-refractivity contribution in [2.45, 2.75) is 24.1 Å². The molecule has 25 heavy (non-hydrogen) atoms. The topological polar surface area (TPSA) is 92.0 Å². The summed E-state index contributed by atoms with van der Waals surface area (Å²) in [6.07, 6.45) is 1.43. The normalized spacial score (nSPS) is 12.1. The van der Waals surface area contributed by atoms with Gasteiger partial charge in [0.2, 0.25) is 0 Å². The molecule has 0 saturated carbocycles. The van der Waals surface area contributed by atoms with Crippen LogP contribution < -0.4 is 4.74 Å². The average molecular weight is 359 g/mol. The summed E-state index contributed by atoms with van der Waals surface area (Å²) in [5, 5.41) is 8.53. The fraction of sp³-hybridized carbons (Fsp3) is 0.312. The lowest BCUT2D eigenvalue weighted by atomic mass is 10.3. The second-order valence-corrected chi connectivity index (χ2v) is 6.40. The smallest absolute Gasteiger partial charge is 0.319 e. The molecule has 1 atom stereocenters. The molecule has 1 aromatic carbocycles. The summed E-state index contributed by atoms with van der Waals surface area (Å²) in [6.45, 7) is 3.88. The number of thioether (sulfide) groups is 1. The van der Waals surface area contributed by atoms with Gasteiger partial charge in [-0.3, -0.25) is 4.79 Å². The number of esters is 1. The number of rotatable bonds is 6. The molecule has 0 fully saturated rings. The second kappa shape index (κ2) is 7.47. The van der Waals surface area contributed by atoms with Gasteiger partial charge in [-0.1, -0.05) is 23.0 Å². The van der Waals surface area contributed by atoms with Crippen molar-refractivity contribution in [1.82, 2.24) is 25.0 Å². The van der Waals surface area contributed by atoms with Crippen LogP contribution in [0, 0.1) is 0 Å². The predicted molar refractivity (Wildman–Crippen MR) is 93.0 cm³/mol. The standard InChI is InChI=1S/C16H17N5O3S/c1-4-24-16(22)10(2)25-15-13-14(17-9-18-15)21(20-19-13)11-6-5-7-12(8-11)23-3/h5-10H,4H2,1-3H3. The third-order valence-corrected chi connectivity index (χ3v) is 4.48. The van der Waals surface area contributed by atoms with Crippen molar-refractivity contribution in [3.05, 3.63) is 30.6 Å². The number of methoxy groups -OCH3 is 1. The molecule has 0 radical (unpaired) electrons. The van der Waals surface area contributed by atoms with E-state index in [0.717, 1.165) is 5.69 Å². The van der Waals surface area contributed by atoms with E-state index in [4.69, 9.17) is 9.47 Å². The molecule has 130 valence electrons. The van der Waals surface area contributed by atoms with Gasteiger partial charge in [0.25, 0.3) is 0 Å². The number of hydrogen-bond donors (Lipinski definition) is 0. The van der Waals surface area contributed by atoms with E-state index in [1.807, 2.05) is 24.3 Å². The summed E-state index contributed by atoms with van der Waals surface area (Å²) in [5.41, 5.74) is 1.86. The van der Waals surface area contributed by atoms with Crippen LogP contribution in [0.4, 0.5) is 0 Å². The van der Waals surface area contributed by atoms with Gasteiger partial charge in [0.1, 0.15) is 22.4 Å².